The van der Waals surface area contributed by atoms with E-state index in [0.717, 1.165) is 15.5 Å². The average Bonchev–Trinajstić information content (AvgIpc) is 3.63. The van der Waals surface area contributed by atoms with Gasteiger partial charge in [-0.3, -0.25) is 9.59 Å². The van der Waals surface area contributed by atoms with E-state index in [4.69, 9.17) is 4.74 Å². The Bertz CT molecular complexity index is 1110. The molecule has 2 aliphatic heterocycles. The number of carbonyl (C=O) groups excluding carboxylic acids is 2. The molecule has 1 unspecified atom stereocenters. The van der Waals surface area contributed by atoms with E-state index in [0.29, 0.717) is 38.3 Å². The molecule has 3 aromatic rings. The second-order valence-electron chi connectivity index (χ2n) is 7.92. The highest BCUT2D eigenvalue weighted by Crippen LogP contribution is 2.36. The summed E-state index contributed by atoms with van der Waals surface area (Å²) in [6, 6.07) is 9.58. The van der Waals surface area contributed by atoms with Crippen molar-refractivity contribution in [3.63, 3.8) is 0 Å². The Labute approximate surface area is 199 Å². The third-order valence-electron chi connectivity index (χ3n) is 5.84. The maximum absolute atomic E-state index is 13.0. The zero-order valence-electron chi connectivity index (χ0n) is 17.9. The van der Waals surface area contributed by atoms with Crippen molar-refractivity contribution in [2.24, 2.45) is 11.0 Å². The fourth-order valence-electron chi connectivity index (χ4n) is 4.12. The molecular formula is C23H23N5O3S2. The molecule has 0 radical (unpaired) electrons. The standard InChI is InChI=1S/C23H23N5O3S2/c29-21(15-31-22(30)16-6-10-27(11-7-16)23-24-8-3-9-25-23)28-18(20-5-2-13-33-20)14-17(26-28)19-4-1-12-32-19/h1-5,8-9,12-13,16,18H,6-7,10-11,14-15H2. The van der Waals surface area contributed by atoms with Crippen LogP contribution < -0.4 is 4.90 Å². The smallest absolute Gasteiger partial charge is 0.309 e. The summed E-state index contributed by atoms with van der Waals surface area (Å²) in [7, 11) is 0. The van der Waals surface area contributed by atoms with Crippen molar-refractivity contribution >= 4 is 46.2 Å². The van der Waals surface area contributed by atoms with E-state index < -0.39 is 0 Å². The third-order valence-corrected chi connectivity index (χ3v) is 7.74. The first-order chi connectivity index (χ1) is 16.2. The lowest BCUT2D eigenvalue weighted by Crippen LogP contribution is -2.38. The Kier molecular flexibility index (Phi) is 6.45. The maximum Gasteiger partial charge on any atom is 0.309 e. The monoisotopic (exact) mass is 481 g/mol. The van der Waals surface area contributed by atoms with Gasteiger partial charge in [-0.25, -0.2) is 15.0 Å². The first-order valence-electron chi connectivity index (χ1n) is 10.8. The van der Waals surface area contributed by atoms with Crippen LogP contribution in [0.5, 0.6) is 0 Å². The number of nitrogens with zero attached hydrogens (tertiary/aromatic N) is 5. The van der Waals surface area contributed by atoms with Crippen LogP contribution in [0, 0.1) is 5.92 Å². The van der Waals surface area contributed by atoms with Crippen molar-refractivity contribution in [3.8, 4) is 0 Å². The number of hydrogen-bond acceptors (Lipinski definition) is 9. The molecule has 0 spiro atoms. The predicted molar refractivity (Wildman–Crippen MR) is 127 cm³/mol. The second kappa shape index (κ2) is 9.80. The third kappa shape index (κ3) is 4.81. The van der Waals surface area contributed by atoms with Crippen molar-refractivity contribution < 1.29 is 14.3 Å². The van der Waals surface area contributed by atoms with Gasteiger partial charge in [0, 0.05) is 36.8 Å². The van der Waals surface area contributed by atoms with Gasteiger partial charge < -0.3 is 9.64 Å². The van der Waals surface area contributed by atoms with Gasteiger partial charge in [-0.05, 0) is 41.8 Å². The normalized spacial score (nSPS) is 18.9. The van der Waals surface area contributed by atoms with Crippen LogP contribution in [0.2, 0.25) is 0 Å². The lowest BCUT2D eigenvalue weighted by atomic mass is 9.97. The summed E-state index contributed by atoms with van der Waals surface area (Å²) in [6.07, 6.45) is 5.37. The molecule has 2 aliphatic rings. The Hall–Kier alpha value is -3.11. The first kappa shape index (κ1) is 21.7. The topological polar surface area (TPSA) is 88.0 Å². The van der Waals surface area contributed by atoms with E-state index in [1.165, 1.54) is 5.01 Å². The number of aromatic nitrogens is 2. The highest BCUT2D eigenvalue weighted by molar-refractivity contribution is 7.12. The van der Waals surface area contributed by atoms with E-state index >= 15 is 0 Å². The van der Waals surface area contributed by atoms with Crippen LogP contribution in [0.25, 0.3) is 0 Å². The summed E-state index contributed by atoms with van der Waals surface area (Å²) in [5, 5.41) is 10.1. The molecule has 3 aromatic heterocycles. The summed E-state index contributed by atoms with van der Waals surface area (Å²) >= 11 is 3.20. The Morgan fingerprint density at radius 1 is 1.03 bits per heavy atom. The molecule has 1 fully saturated rings. The van der Waals surface area contributed by atoms with Crippen molar-refractivity contribution in [1.82, 2.24) is 15.0 Å². The molecule has 0 N–H and O–H groups in total. The van der Waals surface area contributed by atoms with Crippen LogP contribution in [-0.4, -0.2) is 52.3 Å². The molecule has 0 aliphatic carbocycles. The minimum absolute atomic E-state index is 0.164. The molecule has 10 heteroatoms. The summed E-state index contributed by atoms with van der Waals surface area (Å²) in [5.41, 5.74) is 0.888. The minimum Gasteiger partial charge on any atom is -0.455 e. The number of thiophene rings is 2. The highest BCUT2D eigenvalue weighted by atomic mass is 32.1. The average molecular weight is 482 g/mol. The number of piperidine rings is 1. The van der Waals surface area contributed by atoms with Crippen LogP contribution in [0.3, 0.4) is 0 Å². The molecule has 1 amide bonds. The van der Waals surface area contributed by atoms with Crippen LogP contribution in [-0.2, 0) is 14.3 Å². The van der Waals surface area contributed by atoms with Crippen molar-refractivity contribution in [3.05, 3.63) is 63.2 Å². The maximum atomic E-state index is 13.0. The number of hydrazone groups is 1. The molecule has 5 heterocycles. The number of ether oxygens (including phenoxy) is 1. The van der Waals surface area contributed by atoms with Crippen LogP contribution in [0.15, 0.2) is 58.6 Å². The number of anilines is 1. The summed E-state index contributed by atoms with van der Waals surface area (Å²) < 4.78 is 5.45. The lowest BCUT2D eigenvalue weighted by Gasteiger charge is -2.30. The summed E-state index contributed by atoms with van der Waals surface area (Å²) in [4.78, 5) is 38.4. The van der Waals surface area contributed by atoms with Gasteiger partial charge in [0.25, 0.3) is 5.91 Å². The quantitative estimate of drug-likeness (QED) is 0.499. The molecule has 0 saturated carbocycles. The minimum atomic E-state index is -0.327. The van der Waals surface area contributed by atoms with Crippen molar-refractivity contribution in [2.75, 3.05) is 24.6 Å². The van der Waals surface area contributed by atoms with Gasteiger partial charge in [-0.15, -0.1) is 22.7 Å². The van der Waals surface area contributed by atoms with Gasteiger partial charge in [0.15, 0.2) is 6.61 Å². The second-order valence-corrected chi connectivity index (χ2v) is 9.84. The number of hydrogen-bond donors (Lipinski definition) is 0. The Balaban J connectivity index is 1.18. The number of rotatable bonds is 6. The van der Waals surface area contributed by atoms with E-state index in [9.17, 15) is 9.59 Å². The Morgan fingerprint density at radius 2 is 1.79 bits per heavy atom. The SMILES string of the molecule is O=C(OCC(=O)N1N=C(c2cccs2)CC1c1cccs1)C1CCN(c2ncccn2)CC1. The van der Waals surface area contributed by atoms with Crippen LogP contribution >= 0.6 is 22.7 Å². The van der Waals surface area contributed by atoms with Gasteiger partial charge in [0.2, 0.25) is 5.95 Å². The van der Waals surface area contributed by atoms with Crippen LogP contribution in [0.4, 0.5) is 5.95 Å². The van der Waals surface area contributed by atoms with Crippen molar-refractivity contribution in [2.45, 2.75) is 25.3 Å². The molecule has 0 aromatic carbocycles. The fourth-order valence-corrected chi connectivity index (χ4v) is 5.65. The fraction of sp³-hybridized carbons (Fsp3) is 0.348. The number of amides is 1. The molecule has 0 bridgehead atoms. The van der Waals surface area contributed by atoms with Crippen LogP contribution in [0.1, 0.15) is 35.1 Å². The van der Waals surface area contributed by atoms with E-state index in [1.54, 1.807) is 41.1 Å². The van der Waals surface area contributed by atoms with Gasteiger partial charge in [-0.1, -0.05) is 12.1 Å². The van der Waals surface area contributed by atoms with E-state index in [1.807, 2.05) is 35.0 Å². The molecular weight excluding hydrogens is 458 g/mol. The van der Waals surface area contributed by atoms with Crippen molar-refractivity contribution in [1.29, 1.82) is 0 Å². The molecule has 8 nitrogen and oxygen atoms in total. The molecule has 1 saturated heterocycles. The van der Waals surface area contributed by atoms with Gasteiger partial charge in [0.05, 0.1) is 22.5 Å². The molecule has 33 heavy (non-hydrogen) atoms. The van der Waals surface area contributed by atoms with Gasteiger partial charge in [0.1, 0.15) is 0 Å². The molecule has 1 atom stereocenters. The van der Waals surface area contributed by atoms with Gasteiger partial charge in [-0.2, -0.15) is 5.10 Å². The Morgan fingerprint density at radius 3 is 2.48 bits per heavy atom. The van der Waals surface area contributed by atoms with Gasteiger partial charge >= 0.3 is 5.97 Å². The zero-order chi connectivity index (χ0) is 22.6. The predicted octanol–water partition coefficient (Wildman–Crippen LogP) is 3.74. The zero-order valence-corrected chi connectivity index (χ0v) is 19.5. The van der Waals surface area contributed by atoms with E-state index in [-0.39, 0.29) is 30.4 Å². The number of carbonyl (C=O) groups is 2. The summed E-state index contributed by atoms with van der Waals surface area (Å²) in [6.45, 7) is 1.06. The molecule has 170 valence electrons. The summed E-state index contributed by atoms with van der Waals surface area (Å²) in [5.74, 6) is -0.183. The molecule has 5 rings (SSSR count). The number of esters is 1. The van der Waals surface area contributed by atoms with E-state index in [2.05, 4.69) is 20.0 Å². The first-order valence-corrected chi connectivity index (χ1v) is 12.6. The highest BCUT2D eigenvalue weighted by Gasteiger charge is 2.35. The largest absolute Gasteiger partial charge is 0.455 e. The lowest BCUT2D eigenvalue weighted by molar-refractivity contribution is -0.156.